The zero-order valence-electron chi connectivity index (χ0n) is 7.37. The zero-order chi connectivity index (χ0) is 9.84. The quantitative estimate of drug-likeness (QED) is 0.604. The number of carbonyl (C=O) groups is 1. The first-order chi connectivity index (χ1) is 6.09. The van der Waals surface area contributed by atoms with Crippen molar-refractivity contribution < 1.29 is 4.79 Å². The normalized spacial score (nSPS) is 9.62. The molecule has 13 heavy (non-hydrogen) atoms. The third kappa shape index (κ3) is 2.62. The smallest absolute Gasteiger partial charge is 0.236 e. The van der Waals surface area contributed by atoms with E-state index in [0.717, 1.165) is 5.56 Å². The van der Waals surface area contributed by atoms with E-state index in [0.29, 0.717) is 11.5 Å². The van der Waals surface area contributed by atoms with E-state index in [-0.39, 0.29) is 6.54 Å². The largest absolute Gasteiger partial charge is 0.396 e. The van der Waals surface area contributed by atoms with E-state index < -0.39 is 5.91 Å². The van der Waals surface area contributed by atoms with Gasteiger partial charge in [-0.25, -0.2) is 4.98 Å². The summed E-state index contributed by atoms with van der Waals surface area (Å²) >= 11 is 0. The number of carbonyl (C=O) groups excluding carboxylic acids is 1. The van der Waals surface area contributed by atoms with Crippen LogP contribution in [0.3, 0.4) is 0 Å². The lowest BCUT2D eigenvalue weighted by Gasteiger charge is -2.06. The topological polar surface area (TPSA) is 94.0 Å². The third-order valence-corrected chi connectivity index (χ3v) is 1.48. The van der Waals surface area contributed by atoms with Crippen molar-refractivity contribution in [2.24, 2.45) is 5.73 Å². The number of nitrogens with zero attached hydrogens (tertiary/aromatic N) is 1. The van der Waals surface area contributed by atoms with Gasteiger partial charge in [0.25, 0.3) is 0 Å². The van der Waals surface area contributed by atoms with Gasteiger partial charge >= 0.3 is 0 Å². The van der Waals surface area contributed by atoms with Gasteiger partial charge in [0.05, 0.1) is 12.2 Å². The van der Waals surface area contributed by atoms with Crippen molar-refractivity contribution in [3.63, 3.8) is 0 Å². The summed E-state index contributed by atoms with van der Waals surface area (Å²) in [5.41, 5.74) is 12.1. The van der Waals surface area contributed by atoms with E-state index in [4.69, 9.17) is 11.5 Å². The van der Waals surface area contributed by atoms with Crippen molar-refractivity contribution in [3.05, 3.63) is 17.8 Å². The van der Waals surface area contributed by atoms with Crippen LogP contribution in [0.15, 0.2) is 12.3 Å². The van der Waals surface area contributed by atoms with E-state index >= 15 is 0 Å². The molecule has 5 N–H and O–H groups in total. The molecule has 0 aliphatic rings. The second-order valence-electron chi connectivity index (χ2n) is 2.77. The van der Waals surface area contributed by atoms with Crippen LogP contribution < -0.4 is 16.8 Å². The van der Waals surface area contributed by atoms with Crippen LogP contribution in [0.1, 0.15) is 5.56 Å². The lowest BCUT2D eigenvalue weighted by molar-refractivity contribution is -0.116. The Hall–Kier alpha value is -1.78. The molecule has 0 spiro atoms. The van der Waals surface area contributed by atoms with Gasteiger partial charge in [-0.15, -0.1) is 0 Å². The highest BCUT2D eigenvalue weighted by Gasteiger charge is 2.00. The van der Waals surface area contributed by atoms with Crippen LogP contribution in [0, 0.1) is 6.92 Å². The maximum absolute atomic E-state index is 10.4. The van der Waals surface area contributed by atoms with Gasteiger partial charge in [0.15, 0.2) is 0 Å². The lowest BCUT2D eigenvalue weighted by Crippen LogP contribution is -2.22. The molecule has 0 atom stereocenters. The molecule has 0 saturated carbocycles. The summed E-state index contributed by atoms with van der Waals surface area (Å²) in [7, 11) is 0. The minimum Gasteiger partial charge on any atom is -0.396 e. The lowest BCUT2D eigenvalue weighted by atomic mass is 10.3. The number of hydrogen-bond donors (Lipinski definition) is 3. The molecule has 0 aliphatic heterocycles. The molecule has 1 amide bonds. The monoisotopic (exact) mass is 180 g/mol. The summed E-state index contributed by atoms with van der Waals surface area (Å²) in [5.74, 6) is 0.0474. The molecule has 1 aromatic rings. The maximum Gasteiger partial charge on any atom is 0.236 e. The van der Waals surface area contributed by atoms with E-state index in [9.17, 15) is 4.79 Å². The van der Waals surface area contributed by atoms with Crippen molar-refractivity contribution in [1.29, 1.82) is 0 Å². The van der Waals surface area contributed by atoms with Crippen LogP contribution in [0.25, 0.3) is 0 Å². The maximum atomic E-state index is 10.4. The highest BCUT2D eigenvalue weighted by atomic mass is 16.1. The fourth-order valence-electron chi connectivity index (χ4n) is 0.910. The van der Waals surface area contributed by atoms with Crippen molar-refractivity contribution in [2.45, 2.75) is 6.92 Å². The second-order valence-corrected chi connectivity index (χ2v) is 2.77. The number of nitrogens with two attached hydrogens (primary N) is 2. The molecule has 5 heteroatoms. The zero-order valence-corrected chi connectivity index (χ0v) is 7.37. The Bertz CT molecular complexity index is 324. The van der Waals surface area contributed by atoms with Crippen LogP contribution in [0.4, 0.5) is 11.5 Å². The average Bonchev–Trinajstić information content (AvgIpc) is 2.02. The highest BCUT2D eigenvalue weighted by molar-refractivity contribution is 5.79. The Balaban J connectivity index is 2.72. The second kappa shape index (κ2) is 3.75. The molecule has 1 heterocycles. The molecule has 0 fully saturated rings. The van der Waals surface area contributed by atoms with Crippen LogP contribution in [-0.2, 0) is 4.79 Å². The highest BCUT2D eigenvalue weighted by Crippen LogP contribution is 2.14. The predicted molar refractivity (Wildman–Crippen MR) is 51.1 cm³/mol. The fraction of sp³-hybridized carbons (Fsp3) is 0.250. The number of nitrogens with one attached hydrogen (secondary N) is 1. The molecular weight excluding hydrogens is 168 g/mol. The summed E-state index contributed by atoms with van der Waals surface area (Å²) in [5, 5.41) is 2.73. The number of nitrogen functional groups attached to an aromatic ring is 1. The molecule has 1 rings (SSSR count). The minimum atomic E-state index is -0.443. The Morgan fingerprint density at radius 3 is 2.92 bits per heavy atom. The summed E-state index contributed by atoms with van der Waals surface area (Å²) in [4.78, 5) is 14.4. The van der Waals surface area contributed by atoms with Crippen LogP contribution in [0.5, 0.6) is 0 Å². The number of amides is 1. The number of primary amides is 1. The summed E-state index contributed by atoms with van der Waals surface area (Å²) in [6.07, 6.45) is 1.67. The Morgan fingerprint density at radius 2 is 2.38 bits per heavy atom. The summed E-state index contributed by atoms with van der Waals surface area (Å²) < 4.78 is 0. The van der Waals surface area contributed by atoms with E-state index in [1.807, 2.05) is 6.92 Å². The molecule has 5 nitrogen and oxygen atoms in total. The molecule has 0 radical (unpaired) electrons. The molecule has 0 aromatic carbocycles. The van der Waals surface area contributed by atoms with Crippen molar-refractivity contribution in [1.82, 2.24) is 4.98 Å². The minimum absolute atomic E-state index is 0.0419. The molecule has 0 bridgehead atoms. The van der Waals surface area contributed by atoms with Crippen molar-refractivity contribution in [2.75, 3.05) is 17.6 Å². The van der Waals surface area contributed by atoms with Crippen LogP contribution in [0.2, 0.25) is 0 Å². The van der Waals surface area contributed by atoms with Gasteiger partial charge < -0.3 is 16.8 Å². The van der Waals surface area contributed by atoms with Crippen molar-refractivity contribution >= 4 is 17.4 Å². The third-order valence-electron chi connectivity index (χ3n) is 1.48. The first-order valence-corrected chi connectivity index (χ1v) is 3.84. The SMILES string of the molecule is Cc1cnc(NCC(N)=O)c(N)c1. The standard InChI is InChI=1S/C8H12N4O/c1-5-2-6(9)8(11-3-5)12-4-7(10)13/h2-3H,4,9H2,1H3,(H2,10,13)(H,11,12). The number of anilines is 2. The van der Waals surface area contributed by atoms with Gasteiger partial charge in [0, 0.05) is 6.20 Å². The van der Waals surface area contributed by atoms with Gasteiger partial charge in [-0.3, -0.25) is 4.79 Å². The fourth-order valence-corrected chi connectivity index (χ4v) is 0.910. The van der Waals surface area contributed by atoms with Crippen LogP contribution >= 0.6 is 0 Å². The number of pyridine rings is 1. The molecule has 0 unspecified atom stereocenters. The van der Waals surface area contributed by atoms with E-state index in [2.05, 4.69) is 10.3 Å². The van der Waals surface area contributed by atoms with Gasteiger partial charge in [-0.2, -0.15) is 0 Å². The van der Waals surface area contributed by atoms with Crippen LogP contribution in [-0.4, -0.2) is 17.4 Å². The number of hydrogen-bond acceptors (Lipinski definition) is 4. The molecule has 0 aliphatic carbocycles. The molecule has 0 saturated heterocycles. The Kier molecular flexibility index (Phi) is 2.69. The molecule has 70 valence electrons. The van der Waals surface area contributed by atoms with Gasteiger partial charge in [0.1, 0.15) is 5.82 Å². The predicted octanol–water partition coefficient (Wildman–Crippen LogP) is -0.131. The van der Waals surface area contributed by atoms with Gasteiger partial charge in [0.2, 0.25) is 5.91 Å². The van der Waals surface area contributed by atoms with E-state index in [1.54, 1.807) is 12.3 Å². The average molecular weight is 180 g/mol. The number of aromatic nitrogens is 1. The summed E-state index contributed by atoms with van der Waals surface area (Å²) in [6.45, 7) is 1.93. The molecular formula is C8H12N4O. The van der Waals surface area contributed by atoms with Gasteiger partial charge in [-0.05, 0) is 18.6 Å². The Morgan fingerprint density at radius 1 is 1.69 bits per heavy atom. The van der Waals surface area contributed by atoms with E-state index in [1.165, 1.54) is 0 Å². The summed E-state index contributed by atoms with van der Waals surface area (Å²) in [6, 6.07) is 1.77. The first kappa shape index (κ1) is 9.31. The number of aryl methyl sites for hydroxylation is 1. The van der Waals surface area contributed by atoms with Gasteiger partial charge in [-0.1, -0.05) is 0 Å². The van der Waals surface area contributed by atoms with Crippen molar-refractivity contribution in [3.8, 4) is 0 Å². The molecule has 1 aromatic heterocycles. The first-order valence-electron chi connectivity index (χ1n) is 3.84. The number of rotatable bonds is 3. The Labute approximate surface area is 76.1 Å².